The van der Waals surface area contributed by atoms with Crippen LogP contribution in [0.15, 0.2) is 70.8 Å². The molecule has 0 bridgehead atoms. The lowest BCUT2D eigenvalue weighted by molar-refractivity contribution is 0.102. The Morgan fingerprint density at radius 3 is 2.67 bits per heavy atom. The molecule has 2 heterocycles. The van der Waals surface area contributed by atoms with E-state index in [1.54, 1.807) is 16.3 Å². The van der Waals surface area contributed by atoms with Crippen molar-refractivity contribution in [3.05, 3.63) is 77.7 Å². The van der Waals surface area contributed by atoms with Crippen LogP contribution in [-0.4, -0.2) is 25.5 Å². The second-order valence-electron chi connectivity index (χ2n) is 6.16. The van der Waals surface area contributed by atoms with Crippen LogP contribution >= 0.6 is 11.8 Å². The summed E-state index contributed by atoms with van der Waals surface area (Å²) in [5.74, 6) is 0.465. The average molecular weight is 375 g/mol. The smallest absolute Gasteiger partial charge is 0.255 e. The molecule has 7 heteroatoms. The molecule has 0 radical (unpaired) electrons. The molecule has 1 amide bonds. The third-order valence-corrected chi connectivity index (χ3v) is 4.97. The summed E-state index contributed by atoms with van der Waals surface area (Å²) in [7, 11) is 0. The van der Waals surface area contributed by atoms with Crippen LogP contribution in [0, 0.1) is 13.8 Å². The molecule has 0 atom stereocenters. The molecule has 0 aliphatic rings. The van der Waals surface area contributed by atoms with Crippen molar-refractivity contribution in [1.82, 2.24) is 19.6 Å². The van der Waals surface area contributed by atoms with E-state index in [2.05, 4.69) is 20.4 Å². The number of amides is 1. The van der Waals surface area contributed by atoms with Gasteiger partial charge in [-0.2, -0.15) is 14.6 Å². The van der Waals surface area contributed by atoms with Gasteiger partial charge in [0.2, 0.25) is 0 Å². The fourth-order valence-electron chi connectivity index (χ4n) is 2.69. The van der Waals surface area contributed by atoms with Gasteiger partial charge in [0, 0.05) is 21.8 Å². The summed E-state index contributed by atoms with van der Waals surface area (Å²) >= 11 is 1.57. The van der Waals surface area contributed by atoms with E-state index < -0.39 is 0 Å². The van der Waals surface area contributed by atoms with Gasteiger partial charge in [0.1, 0.15) is 11.4 Å². The summed E-state index contributed by atoms with van der Waals surface area (Å²) in [5, 5.41) is 8.08. The third-order valence-electron chi connectivity index (χ3n) is 3.96. The molecule has 27 heavy (non-hydrogen) atoms. The number of nitrogens with one attached hydrogen (secondary N) is 1. The Morgan fingerprint density at radius 1 is 1.07 bits per heavy atom. The van der Waals surface area contributed by atoms with Gasteiger partial charge >= 0.3 is 0 Å². The first-order valence-corrected chi connectivity index (χ1v) is 9.23. The number of hydrogen-bond donors (Lipinski definition) is 1. The molecule has 4 rings (SSSR count). The summed E-state index contributed by atoms with van der Waals surface area (Å²) < 4.78 is 1.71. The number of nitrogens with zero attached hydrogens (tertiary/aromatic N) is 4. The highest BCUT2D eigenvalue weighted by Crippen LogP contribution is 2.28. The largest absolute Gasteiger partial charge is 0.322 e. The molecule has 1 N–H and O–H groups in total. The van der Waals surface area contributed by atoms with Gasteiger partial charge in [-0.1, -0.05) is 29.5 Å². The van der Waals surface area contributed by atoms with E-state index in [0.717, 1.165) is 26.9 Å². The second kappa shape index (κ2) is 7.20. The third kappa shape index (κ3) is 3.83. The standard InChI is InChI=1S/C20H17N5OS/c1-13-4-3-5-15(10-13)19(26)24-16-6-8-17(9-7-16)27-18-11-14(2)23-20-21-12-22-25(18)20/h3-12H,1-2H3,(H,24,26). The molecule has 0 spiro atoms. The molecular formula is C20H17N5OS. The first-order chi connectivity index (χ1) is 13.1. The van der Waals surface area contributed by atoms with Gasteiger partial charge in [-0.25, -0.2) is 4.98 Å². The van der Waals surface area contributed by atoms with E-state index in [1.165, 1.54) is 6.33 Å². The first kappa shape index (κ1) is 17.2. The van der Waals surface area contributed by atoms with Crippen LogP contribution in [0.5, 0.6) is 0 Å². The van der Waals surface area contributed by atoms with E-state index in [-0.39, 0.29) is 5.91 Å². The Kier molecular flexibility index (Phi) is 4.60. The van der Waals surface area contributed by atoms with Gasteiger partial charge in [-0.3, -0.25) is 4.79 Å². The first-order valence-electron chi connectivity index (χ1n) is 8.42. The molecule has 134 valence electrons. The lowest BCUT2D eigenvalue weighted by atomic mass is 10.1. The molecule has 0 saturated heterocycles. The molecule has 2 aromatic carbocycles. The number of aryl methyl sites for hydroxylation is 2. The van der Waals surface area contributed by atoms with Crippen LogP contribution < -0.4 is 5.32 Å². The highest BCUT2D eigenvalue weighted by Gasteiger charge is 2.09. The maximum atomic E-state index is 12.4. The predicted octanol–water partition coefficient (Wildman–Crippen LogP) is 4.14. The number of carbonyl (C=O) groups is 1. The lowest BCUT2D eigenvalue weighted by Gasteiger charge is -2.08. The van der Waals surface area contributed by atoms with Gasteiger partial charge in [0.05, 0.1) is 0 Å². The quantitative estimate of drug-likeness (QED) is 0.543. The molecular weight excluding hydrogens is 358 g/mol. The zero-order valence-corrected chi connectivity index (χ0v) is 15.7. The average Bonchev–Trinajstić information content (AvgIpc) is 3.12. The van der Waals surface area contributed by atoms with Gasteiger partial charge in [-0.05, 0) is 56.3 Å². The number of aromatic nitrogens is 4. The van der Waals surface area contributed by atoms with Crippen LogP contribution in [0.3, 0.4) is 0 Å². The number of fused-ring (bicyclic) bond motifs is 1. The van der Waals surface area contributed by atoms with Crippen molar-refractivity contribution in [1.29, 1.82) is 0 Å². The Morgan fingerprint density at radius 2 is 1.89 bits per heavy atom. The minimum absolute atomic E-state index is 0.117. The predicted molar refractivity (Wildman–Crippen MR) is 105 cm³/mol. The van der Waals surface area contributed by atoms with Crippen molar-refractivity contribution < 1.29 is 4.79 Å². The molecule has 0 saturated carbocycles. The van der Waals surface area contributed by atoms with Gasteiger partial charge in [0.15, 0.2) is 0 Å². The van der Waals surface area contributed by atoms with Gasteiger partial charge in [0.25, 0.3) is 11.7 Å². The van der Waals surface area contributed by atoms with Crippen molar-refractivity contribution in [3.8, 4) is 0 Å². The Labute approximate surface area is 160 Å². The van der Waals surface area contributed by atoms with Crippen molar-refractivity contribution in [3.63, 3.8) is 0 Å². The summed E-state index contributed by atoms with van der Waals surface area (Å²) in [6.07, 6.45) is 1.50. The summed E-state index contributed by atoms with van der Waals surface area (Å²) in [5.41, 5.74) is 3.35. The number of hydrogen-bond acceptors (Lipinski definition) is 5. The molecule has 0 aliphatic carbocycles. The molecule has 0 aliphatic heterocycles. The summed E-state index contributed by atoms with van der Waals surface area (Å²) in [4.78, 5) is 21.9. The molecule has 4 aromatic rings. The second-order valence-corrected chi connectivity index (χ2v) is 7.25. The van der Waals surface area contributed by atoms with Gasteiger partial charge in [-0.15, -0.1) is 0 Å². The van der Waals surface area contributed by atoms with E-state index >= 15 is 0 Å². The van der Waals surface area contributed by atoms with Crippen LogP contribution in [0.2, 0.25) is 0 Å². The van der Waals surface area contributed by atoms with Crippen LogP contribution in [0.4, 0.5) is 5.69 Å². The minimum atomic E-state index is -0.117. The number of benzene rings is 2. The Bertz CT molecular complexity index is 1120. The van der Waals surface area contributed by atoms with E-state index in [9.17, 15) is 4.79 Å². The maximum Gasteiger partial charge on any atom is 0.255 e. The van der Waals surface area contributed by atoms with Crippen molar-refractivity contribution in [2.45, 2.75) is 23.8 Å². The fourth-order valence-corrected chi connectivity index (χ4v) is 3.64. The highest BCUT2D eigenvalue weighted by molar-refractivity contribution is 7.99. The van der Waals surface area contributed by atoms with Gasteiger partial charge < -0.3 is 5.32 Å². The van der Waals surface area contributed by atoms with Crippen molar-refractivity contribution in [2.75, 3.05) is 5.32 Å². The summed E-state index contributed by atoms with van der Waals surface area (Å²) in [6.45, 7) is 3.90. The van der Waals surface area contributed by atoms with E-state index in [0.29, 0.717) is 11.3 Å². The van der Waals surface area contributed by atoms with Crippen LogP contribution in [0.25, 0.3) is 5.78 Å². The molecule has 0 unspecified atom stereocenters. The zero-order valence-electron chi connectivity index (χ0n) is 14.9. The zero-order chi connectivity index (χ0) is 18.8. The SMILES string of the molecule is Cc1cccc(C(=O)Nc2ccc(Sc3cc(C)nc4ncnn34)cc2)c1. The Hall–Kier alpha value is -3.19. The number of anilines is 1. The van der Waals surface area contributed by atoms with Crippen molar-refractivity contribution >= 4 is 29.1 Å². The minimum Gasteiger partial charge on any atom is -0.322 e. The number of rotatable bonds is 4. The highest BCUT2D eigenvalue weighted by atomic mass is 32.2. The molecule has 2 aromatic heterocycles. The maximum absolute atomic E-state index is 12.4. The monoisotopic (exact) mass is 375 g/mol. The number of carbonyl (C=O) groups excluding carboxylic acids is 1. The van der Waals surface area contributed by atoms with E-state index in [1.807, 2.05) is 68.4 Å². The molecule has 6 nitrogen and oxygen atoms in total. The van der Waals surface area contributed by atoms with E-state index in [4.69, 9.17) is 0 Å². The lowest BCUT2D eigenvalue weighted by Crippen LogP contribution is -2.11. The summed E-state index contributed by atoms with van der Waals surface area (Å²) in [6, 6.07) is 17.2. The normalized spacial score (nSPS) is 10.9. The molecule has 0 fully saturated rings. The fraction of sp³-hybridized carbons (Fsp3) is 0.100. The van der Waals surface area contributed by atoms with Crippen LogP contribution in [0.1, 0.15) is 21.6 Å². The van der Waals surface area contributed by atoms with Crippen LogP contribution in [-0.2, 0) is 0 Å². The Balaban J connectivity index is 1.50. The topological polar surface area (TPSA) is 72.2 Å². The van der Waals surface area contributed by atoms with Crippen molar-refractivity contribution in [2.24, 2.45) is 0 Å².